The molecule has 3 heteroatoms. The number of hydrogen-bond donors (Lipinski definition) is 1. The van der Waals surface area contributed by atoms with Crippen molar-refractivity contribution >= 4 is 0 Å². The highest BCUT2D eigenvalue weighted by atomic mass is 14.9. The van der Waals surface area contributed by atoms with Crippen molar-refractivity contribution < 1.29 is 0 Å². The molecule has 2 N–H and O–H groups in total. The van der Waals surface area contributed by atoms with Crippen LogP contribution in [0.4, 0.5) is 0 Å². The molecule has 0 radical (unpaired) electrons. The Hall–Kier alpha value is -1.22. The van der Waals surface area contributed by atoms with Gasteiger partial charge in [0, 0.05) is 12.4 Å². The zero-order valence-electron chi connectivity index (χ0n) is 8.83. The maximum atomic E-state index is 5.94. The van der Waals surface area contributed by atoms with E-state index in [4.69, 9.17) is 5.73 Å². The fraction of sp³-hybridized carbons (Fsp3) is 0.455. The largest absolute Gasteiger partial charge is 0.321 e. The minimum Gasteiger partial charge on any atom is -0.321 e. The van der Waals surface area contributed by atoms with E-state index in [0.717, 1.165) is 24.0 Å². The molecule has 0 saturated carbocycles. The number of hydrogen-bond acceptors (Lipinski definition) is 3. The first-order valence-electron chi connectivity index (χ1n) is 4.84. The minimum atomic E-state index is -0.122. The zero-order chi connectivity index (χ0) is 10.6. The van der Waals surface area contributed by atoms with Crippen LogP contribution in [0.3, 0.4) is 0 Å². The van der Waals surface area contributed by atoms with Crippen LogP contribution in [0.25, 0.3) is 0 Å². The summed E-state index contributed by atoms with van der Waals surface area (Å²) in [7, 11) is 0. The highest BCUT2D eigenvalue weighted by molar-refractivity contribution is 5.07. The molecule has 0 amide bonds. The fourth-order valence-electron chi connectivity index (χ4n) is 1.14. The predicted octanol–water partition coefficient (Wildman–Crippen LogP) is 2.14. The van der Waals surface area contributed by atoms with Crippen LogP contribution in [0.2, 0.25) is 0 Å². The van der Waals surface area contributed by atoms with Crippen LogP contribution in [-0.4, -0.2) is 9.97 Å². The molecule has 0 spiro atoms. The lowest BCUT2D eigenvalue weighted by atomic mass is 10.1. The van der Waals surface area contributed by atoms with E-state index in [-0.39, 0.29) is 6.04 Å². The quantitative estimate of drug-likeness (QED) is 0.742. The van der Waals surface area contributed by atoms with E-state index in [1.54, 1.807) is 12.4 Å². The van der Waals surface area contributed by atoms with Crippen molar-refractivity contribution in [1.82, 2.24) is 9.97 Å². The Labute approximate surface area is 85.1 Å². The van der Waals surface area contributed by atoms with Gasteiger partial charge in [0.1, 0.15) is 5.82 Å². The topological polar surface area (TPSA) is 51.8 Å². The zero-order valence-corrected chi connectivity index (χ0v) is 8.83. The molecule has 0 aliphatic heterocycles. The van der Waals surface area contributed by atoms with Gasteiger partial charge in [-0.1, -0.05) is 19.1 Å². The third-order valence-electron chi connectivity index (χ3n) is 2.14. The molecule has 1 aromatic heterocycles. The molecule has 1 heterocycles. The Morgan fingerprint density at radius 3 is 2.57 bits per heavy atom. The summed E-state index contributed by atoms with van der Waals surface area (Å²) in [6.07, 6.45) is 5.30. The molecular formula is C11H17N3. The smallest absolute Gasteiger partial charge is 0.145 e. The third kappa shape index (κ3) is 2.92. The second-order valence-electron chi connectivity index (χ2n) is 3.53. The van der Waals surface area contributed by atoms with Gasteiger partial charge in [-0.3, -0.25) is 0 Å². The first-order chi connectivity index (χ1) is 6.63. The normalized spacial score (nSPS) is 12.5. The molecule has 0 fully saturated rings. The summed E-state index contributed by atoms with van der Waals surface area (Å²) in [5.41, 5.74) is 8.13. The molecule has 1 atom stereocenters. The van der Waals surface area contributed by atoms with Crippen molar-refractivity contribution in [3.63, 3.8) is 0 Å². The van der Waals surface area contributed by atoms with E-state index in [0.29, 0.717) is 5.82 Å². The Kier molecular flexibility index (Phi) is 3.77. The Bertz CT molecular complexity index is 303. The van der Waals surface area contributed by atoms with Gasteiger partial charge in [0.2, 0.25) is 0 Å². The van der Waals surface area contributed by atoms with Crippen molar-refractivity contribution in [2.45, 2.75) is 32.7 Å². The van der Waals surface area contributed by atoms with Gasteiger partial charge >= 0.3 is 0 Å². The predicted molar refractivity (Wildman–Crippen MR) is 57.7 cm³/mol. The van der Waals surface area contributed by atoms with E-state index >= 15 is 0 Å². The highest BCUT2D eigenvalue weighted by Gasteiger charge is 2.09. The maximum Gasteiger partial charge on any atom is 0.145 e. The molecule has 0 aliphatic carbocycles. The summed E-state index contributed by atoms with van der Waals surface area (Å²) in [6.45, 7) is 7.95. The number of rotatable bonds is 4. The van der Waals surface area contributed by atoms with E-state index in [2.05, 4.69) is 23.5 Å². The van der Waals surface area contributed by atoms with Crippen LogP contribution in [0.1, 0.15) is 37.2 Å². The van der Waals surface area contributed by atoms with Gasteiger partial charge < -0.3 is 5.73 Å². The van der Waals surface area contributed by atoms with E-state index in [1.807, 2.05) is 6.92 Å². The van der Waals surface area contributed by atoms with E-state index < -0.39 is 0 Å². The van der Waals surface area contributed by atoms with Crippen LogP contribution in [0.15, 0.2) is 24.5 Å². The molecule has 0 saturated heterocycles. The van der Waals surface area contributed by atoms with Crippen molar-refractivity contribution in [1.29, 1.82) is 0 Å². The van der Waals surface area contributed by atoms with Crippen LogP contribution in [0, 0.1) is 6.92 Å². The lowest BCUT2D eigenvalue weighted by molar-refractivity contribution is 0.651. The standard InChI is InChI=1S/C11H17N3/c1-4-8(2)5-10(12)11-13-6-9(3)7-14-11/h6-7,10H,2,4-5,12H2,1,3H3. The van der Waals surface area contributed by atoms with Gasteiger partial charge in [-0.2, -0.15) is 0 Å². The van der Waals surface area contributed by atoms with Gasteiger partial charge in [0.25, 0.3) is 0 Å². The van der Waals surface area contributed by atoms with Crippen molar-refractivity contribution in [3.8, 4) is 0 Å². The van der Waals surface area contributed by atoms with E-state index in [1.165, 1.54) is 0 Å². The Morgan fingerprint density at radius 2 is 2.07 bits per heavy atom. The summed E-state index contributed by atoms with van der Waals surface area (Å²) < 4.78 is 0. The summed E-state index contributed by atoms with van der Waals surface area (Å²) in [5, 5.41) is 0. The molecule has 14 heavy (non-hydrogen) atoms. The molecule has 1 aromatic rings. The van der Waals surface area contributed by atoms with Crippen molar-refractivity contribution in [2.75, 3.05) is 0 Å². The van der Waals surface area contributed by atoms with Crippen LogP contribution in [-0.2, 0) is 0 Å². The second-order valence-corrected chi connectivity index (χ2v) is 3.53. The minimum absolute atomic E-state index is 0.122. The summed E-state index contributed by atoms with van der Waals surface area (Å²) in [5.74, 6) is 0.699. The molecule has 1 unspecified atom stereocenters. The second kappa shape index (κ2) is 4.86. The fourth-order valence-corrected chi connectivity index (χ4v) is 1.14. The number of nitrogens with zero attached hydrogens (tertiary/aromatic N) is 2. The molecule has 3 nitrogen and oxygen atoms in total. The highest BCUT2D eigenvalue weighted by Crippen LogP contribution is 2.15. The van der Waals surface area contributed by atoms with Gasteiger partial charge in [0.05, 0.1) is 6.04 Å². The Morgan fingerprint density at radius 1 is 1.50 bits per heavy atom. The van der Waals surface area contributed by atoms with E-state index in [9.17, 15) is 0 Å². The van der Waals surface area contributed by atoms with Gasteiger partial charge in [-0.05, 0) is 25.3 Å². The molecular weight excluding hydrogens is 174 g/mol. The van der Waals surface area contributed by atoms with Crippen LogP contribution < -0.4 is 5.73 Å². The first-order valence-corrected chi connectivity index (χ1v) is 4.84. The first kappa shape index (κ1) is 10.9. The van der Waals surface area contributed by atoms with Gasteiger partial charge in [-0.15, -0.1) is 0 Å². The molecule has 76 valence electrons. The average molecular weight is 191 g/mol. The molecule has 1 rings (SSSR count). The summed E-state index contributed by atoms with van der Waals surface area (Å²) in [6, 6.07) is -0.122. The third-order valence-corrected chi connectivity index (χ3v) is 2.14. The lowest BCUT2D eigenvalue weighted by Crippen LogP contribution is -2.14. The summed E-state index contributed by atoms with van der Waals surface area (Å²) >= 11 is 0. The van der Waals surface area contributed by atoms with Crippen molar-refractivity contribution in [3.05, 3.63) is 35.9 Å². The monoisotopic (exact) mass is 191 g/mol. The molecule has 0 aliphatic rings. The maximum absolute atomic E-state index is 5.94. The van der Waals surface area contributed by atoms with Crippen LogP contribution in [0.5, 0.6) is 0 Å². The average Bonchev–Trinajstić information content (AvgIpc) is 2.18. The molecule has 0 bridgehead atoms. The number of aromatic nitrogens is 2. The van der Waals surface area contributed by atoms with Crippen molar-refractivity contribution in [2.24, 2.45) is 5.73 Å². The SMILES string of the molecule is C=C(CC)CC(N)c1ncc(C)cn1. The summed E-state index contributed by atoms with van der Waals surface area (Å²) in [4.78, 5) is 8.38. The van der Waals surface area contributed by atoms with Crippen LogP contribution >= 0.6 is 0 Å². The lowest BCUT2D eigenvalue weighted by Gasteiger charge is -2.10. The van der Waals surface area contributed by atoms with Gasteiger partial charge in [-0.25, -0.2) is 9.97 Å². The Balaban J connectivity index is 2.65. The number of nitrogens with two attached hydrogens (primary N) is 1. The van der Waals surface area contributed by atoms with Gasteiger partial charge in [0.15, 0.2) is 0 Å². The number of aryl methyl sites for hydroxylation is 1. The molecule has 0 aromatic carbocycles.